The molecule has 0 aliphatic heterocycles. The first-order chi connectivity index (χ1) is 17.0. The number of carbonyl (C=O) groups excluding carboxylic acids is 3. The molecule has 0 radical (unpaired) electrons. The molecule has 0 fully saturated rings. The quantitative estimate of drug-likeness (QED) is 0.441. The zero-order valence-electron chi connectivity index (χ0n) is 22.0. The monoisotopic (exact) mass is 494 g/mol. The minimum Gasteiger partial charge on any atom is -0.452 e. The summed E-state index contributed by atoms with van der Waals surface area (Å²) in [6.45, 7) is 12.5. The Morgan fingerprint density at radius 1 is 1.14 bits per heavy atom. The lowest BCUT2D eigenvalue weighted by Gasteiger charge is -2.28. The summed E-state index contributed by atoms with van der Waals surface area (Å²) < 4.78 is 12.3. The summed E-state index contributed by atoms with van der Waals surface area (Å²) in [7, 11) is 0. The molecule has 0 aliphatic rings. The van der Waals surface area contributed by atoms with Gasteiger partial charge in [0.05, 0.1) is 5.56 Å². The Balaban J connectivity index is 1.68. The Morgan fingerprint density at radius 3 is 2.50 bits per heavy atom. The van der Waals surface area contributed by atoms with Gasteiger partial charge in [0.2, 0.25) is 5.91 Å². The molecular formula is C27H34N4O5. The molecule has 9 heteroatoms. The zero-order valence-corrected chi connectivity index (χ0v) is 22.0. The number of hydrogen-bond acceptors (Lipinski definition) is 6. The lowest BCUT2D eigenvalue weighted by Crippen LogP contribution is -2.45. The number of ether oxygens (including phenoxy) is 1. The highest BCUT2D eigenvalue weighted by Crippen LogP contribution is 2.22. The molecule has 3 aromatic rings. The van der Waals surface area contributed by atoms with Gasteiger partial charge in [-0.25, -0.2) is 4.79 Å². The molecule has 9 nitrogen and oxygen atoms in total. The van der Waals surface area contributed by atoms with Crippen molar-refractivity contribution in [2.75, 3.05) is 18.5 Å². The number of amides is 2. The fourth-order valence-corrected chi connectivity index (χ4v) is 4.01. The molecule has 0 saturated heterocycles. The molecule has 2 amide bonds. The number of aromatic nitrogens is 2. The number of hydrogen-bond donors (Lipinski definition) is 1. The van der Waals surface area contributed by atoms with Gasteiger partial charge in [-0.3, -0.25) is 14.2 Å². The topological polar surface area (TPSA) is 107 Å². The summed E-state index contributed by atoms with van der Waals surface area (Å²) in [6.07, 6.45) is 0.648. The van der Waals surface area contributed by atoms with Crippen LogP contribution >= 0.6 is 0 Å². The number of nitrogens with one attached hydrogen (secondary N) is 1. The van der Waals surface area contributed by atoms with Crippen LogP contribution in [0.5, 0.6) is 0 Å². The highest BCUT2D eigenvalue weighted by atomic mass is 16.5. The summed E-state index contributed by atoms with van der Waals surface area (Å²) in [6, 6.07) is 8.92. The third-order valence-electron chi connectivity index (χ3n) is 6.46. The van der Waals surface area contributed by atoms with Crippen LogP contribution in [0.4, 0.5) is 5.69 Å². The smallest absolute Gasteiger partial charge is 0.340 e. The predicted octanol–water partition coefficient (Wildman–Crippen LogP) is 4.43. The van der Waals surface area contributed by atoms with Crippen LogP contribution in [0.2, 0.25) is 0 Å². The van der Waals surface area contributed by atoms with Crippen LogP contribution in [-0.2, 0) is 14.3 Å². The number of esters is 1. The molecule has 0 saturated carbocycles. The van der Waals surface area contributed by atoms with E-state index in [1.165, 1.54) is 4.90 Å². The van der Waals surface area contributed by atoms with Crippen molar-refractivity contribution < 1.29 is 23.6 Å². The first-order valence-corrected chi connectivity index (χ1v) is 12.0. The van der Waals surface area contributed by atoms with Gasteiger partial charge in [0.15, 0.2) is 12.4 Å². The molecule has 1 aromatic carbocycles. The fourth-order valence-electron chi connectivity index (χ4n) is 4.01. The van der Waals surface area contributed by atoms with E-state index in [0.29, 0.717) is 34.9 Å². The van der Waals surface area contributed by atoms with E-state index >= 15 is 0 Å². The van der Waals surface area contributed by atoms with Crippen molar-refractivity contribution in [2.24, 2.45) is 0 Å². The second-order valence-electron chi connectivity index (χ2n) is 9.07. The Morgan fingerprint density at radius 2 is 1.86 bits per heavy atom. The average Bonchev–Trinajstić information content (AvgIpc) is 3.39. The van der Waals surface area contributed by atoms with Crippen LogP contribution in [0.15, 0.2) is 34.9 Å². The molecule has 1 unspecified atom stereocenters. The van der Waals surface area contributed by atoms with Crippen molar-refractivity contribution in [2.45, 2.75) is 60.9 Å². The third kappa shape index (κ3) is 5.84. The number of anilines is 1. The standard InChI is InChI=1S/C27H34N4O5/c1-8-17(3)30(14-25(32)28-23-11-9-10-16(2)20(23)6)26(33)15-35-27(34)22-12-18(4)31(21(22)7)24-13-19(5)36-29-24/h9-13,17H,8,14-15H2,1-7H3,(H,28,32). The number of nitrogens with zero attached hydrogens (tertiary/aromatic N) is 3. The lowest BCUT2D eigenvalue weighted by atomic mass is 10.1. The Labute approximate surface area is 211 Å². The average molecular weight is 495 g/mol. The Bertz CT molecular complexity index is 1270. The Hall–Kier alpha value is -3.88. The van der Waals surface area contributed by atoms with Crippen molar-refractivity contribution in [3.8, 4) is 5.82 Å². The lowest BCUT2D eigenvalue weighted by molar-refractivity contribution is -0.139. The van der Waals surface area contributed by atoms with Crippen molar-refractivity contribution in [1.29, 1.82) is 0 Å². The van der Waals surface area contributed by atoms with Crippen LogP contribution < -0.4 is 5.32 Å². The maximum atomic E-state index is 13.0. The van der Waals surface area contributed by atoms with Crippen LogP contribution in [0.1, 0.15) is 58.9 Å². The van der Waals surface area contributed by atoms with Gasteiger partial charge in [0.1, 0.15) is 12.3 Å². The highest BCUT2D eigenvalue weighted by Gasteiger charge is 2.25. The molecular weight excluding hydrogens is 460 g/mol. The fraction of sp³-hybridized carbons (Fsp3) is 0.407. The van der Waals surface area contributed by atoms with Crippen molar-refractivity contribution in [1.82, 2.24) is 14.6 Å². The third-order valence-corrected chi connectivity index (χ3v) is 6.46. The second-order valence-corrected chi connectivity index (χ2v) is 9.07. The van der Waals surface area contributed by atoms with Gasteiger partial charge in [-0.15, -0.1) is 0 Å². The number of benzene rings is 1. The van der Waals surface area contributed by atoms with Gasteiger partial charge < -0.3 is 19.5 Å². The number of carbonyl (C=O) groups is 3. The maximum Gasteiger partial charge on any atom is 0.340 e. The van der Waals surface area contributed by atoms with Crippen LogP contribution in [0.3, 0.4) is 0 Å². The van der Waals surface area contributed by atoms with Crippen molar-refractivity contribution in [3.63, 3.8) is 0 Å². The van der Waals surface area contributed by atoms with Gasteiger partial charge >= 0.3 is 5.97 Å². The van der Waals surface area contributed by atoms with Crippen LogP contribution in [0.25, 0.3) is 5.82 Å². The predicted molar refractivity (Wildman–Crippen MR) is 136 cm³/mol. The summed E-state index contributed by atoms with van der Waals surface area (Å²) >= 11 is 0. The van der Waals surface area contributed by atoms with E-state index in [-0.39, 0.29) is 18.5 Å². The zero-order chi connectivity index (χ0) is 26.6. The Kier molecular flexibility index (Phi) is 8.34. The highest BCUT2D eigenvalue weighted by molar-refractivity contribution is 5.96. The van der Waals surface area contributed by atoms with E-state index in [1.807, 2.05) is 52.8 Å². The van der Waals surface area contributed by atoms with Gasteiger partial charge in [-0.1, -0.05) is 24.2 Å². The maximum absolute atomic E-state index is 13.0. The van der Waals surface area contributed by atoms with E-state index < -0.39 is 18.5 Å². The molecule has 3 rings (SSSR count). The molecule has 0 aliphatic carbocycles. The van der Waals surface area contributed by atoms with E-state index in [4.69, 9.17) is 9.26 Å². The van der Waals surface area contributed by atoms with Crippen molar-refractivity contribution >= 4 is 23.5 Å². The summed E-state index contributed by atoms with van der Waals surface area (Å²) in [5.74, 6) is -0.147. The van der Waals surface area contributed by atoms with Gasteiger partial charge in [-0.2, -0.15) is 0 Å². The van der Waals surface area contributed by atoms with E-state index in [2.05, 4.69) is 10.5 Å². The van der Waals surface area contributed by atoms with E-state index in [1.54, 1.807) is 30.5 Å². The van der Waals surface area contributed by atoms with Gasteiger partial charge in [0.25, 0.3) is 5.91 Å². The summed E-state index contributed by atoms with van der Waals surface area (Å²) in [4.78, 5) is 40.1. The summed E-state index contributed by atoms with van der Waals surface area (Å²) in [5.41, 5.74) is 4.49. The van der Waals surface area contributed by atoms with Crippen molar-refractivity contribution in [3.05, 3.63) is 64.2 Å². The minimum atomic E-state index is -0.619. The summed E-state index contributed by atoms with van der Waals surface area (Å²) in [5, 5.41) is 6.89. The minimum absolute atomic E-state index is 0.140. The normalized spacial score (nSPS) is 11.8. The first kappa shape index (κ1) is 26.7. The molecule has 2 aromatic heterocycles. The number of aryl methyl sites for hydroxylation is 3. The molecule has 1 N–H and O–H groups in total. The van der Waals surface area contributed by atoms with E-state index in [9.17, 15) is 14.4 Å². The van der Waals surface area contributed by atoms with Gasteiger partial charge in [-0.05, 0) is 71.2 Å². The molecule has 1 atom stereocenters. The first-order valence-electron chi connectivity index (χ1n) is 12.0. The molecule has 36 heavy (non-hydrogen) atoms. The van der Waals surface area contributed by atoms with Gasteiger partial charge in [0, 0.05) is 29.2 Å². The molecule has 192 valence electrons. The van der Waals surface area contributed by atoms with Crippen LogP contribution in [0, 0.1) is 34.6 Å². The second kappa shape index (κ2) is 11.2. The largest absolute Gasteiger partial charge is 0.452 e. The number of rotatable bonds is 9. The molecule has 0 spiro atoms. The van der Waals surface area contributed by atoms with E-state index in [0.717, 1.165) is 16.8 Å². The SMILES string of the molecule is CCC(C)N(CC(=O)Nc1cccc(C)c1C)C(=O)COC(=O)c1cc(C)n(-c2cc(C)on2)c1C. The molecule has 0 bridgehead atoms. The van der Waals surface area contributed by atoms with Crippen LogP contribution in [-0.4, -0.2) is 51.6 Å². The molecule has 2 heterocycles.